The summed E-state index contributed by atoms with van der Waals surface area (Å²) in [6.07, 6.45) is 1.34. The third kappa shape index (κ3) is 6.46. The monoisotopic (exact) mass is 530 g/mol. The summed E-state index contributed by atoms with van der Waals surface area (Å²) in [7, 11) is 1.42. The van der Waals surface area contributed by atoms with Crippen LogP contribution in [0.25, 0.3) is 6.08 Å². The fourth-order valence-electron chi connectivity index (χ4n) is 2.97. The molecule has 2 N–H and O–H groups in total. The van der Waals surface area contributed by atoms with Crippen LogP contribution < -0.4 is 14.8 Å². The summed E-state index contributed by atoms with van der Waals surface area (Å²) in [4.78, 5) is 23.6. The molecule has 1 amide bonds. The molecule has 3 aromatic carbocycles. The van der Waals surface area contributed by atoms with Gasteiger partial charge in [0.05, 0.1) is 33.4 Å². The van der Waals surface area contributed by atoms with Crippen molar-refractivity contribution in [3.63, 3.8) is 0 Å². The summed E-state index contributed by atoms with van der Waals surface area (Å²) in [5, 5.41) is 21.7. The smallest absolute Gasteiger partial charge is 0.335 e. The van der Waals surface area contributed by atoms with Crippen LogP contribution in [-0.2, 0) is 11.4 Å². The van der Waals surface area contributed by atoms with E-state index in [1.807, 2.05) is 6.07 Å². The fraction of sp³-hybridized carbons (Fsp3) is 0.0800. The molecular weight excluding hydrogens is 515 g/mol. The maximum atomic E-state index is 12.6. The zero-order chi connectivity index (χ0) is 25.5. The quantitative estimate of drug-likeness (QED) is 0.254. The van der Waals surface area contributed by atoms with Crippen LogP contribution in [0, 0.1) is 11.3 Å². The number of nitriles is 1. The number of carbonyl (C=O) groups excluding carboxylic acids is 1. The molecule has 0 aromatic heterocycles. The molecule has 0 atom stereocenters. The highest BCUT2D eigenvalue weighted by molar-refractivity contribution is 6.44. The minimum Gasteiger partial charge on any atom is -0.493 e. The van der Waals surface area contributed by atoms with Crippen molar-refractivity contribution >= 4 is 58.4 Å². The van der Waals surface area contributed by atoms with Crippen LogP contribution in [-0.4, -0.2) is 24.1 Å². The second-order valence-corrected chi connectivity index (χ2v) is 8.24. The topological polar surface area (TPSA) is 109 Å². The Morgan fingerprint density at radius 3 is 2.43 bits per heavy atom. The predicted molar refractivity (Wildman–Crippen MR) is 134 cm³/mol. The van der Waals surface area contributed by atoms with Crippen LogP contribution in [0.3, 0.4) is 0 Å². The molecule has 0 aliphatic carbocycles. The number of hydrogen-bond donors (Lipinski definition) is 2. The summed E-state index contributed by atoms with van der Waals surface area (Å²) >= 11 is 18.5. The Kier molecular flexibility index (Phi) is 8.61. The van der Waals surface area contributed by atoms with Gasteiger partial charge in [0.15, 0.2) is 11.5 Å². The van der Waals surface area contributed by atoms with Gasteiger partial charge < -0.3 is 19.9 Å². The van der Waals surface area contributed by atoms with E-state index < -0.39 is 11.9 Å². The molecule has 178 valence electrons. The number of carbonyl (C=O) groups is 2. The molecule has 0 saturated carbocycles. The van der Waals surface area contributed by atoms with Gasteiger partial charge in [0.2, 0.25) is 0 Å². The van der Waals surface area contributed by atoms with Crippen LogP contribution in [0.15, 0.2) is 60.2 Å². The zero-order valence-electron chi connectivity index (χ0n) is 18.1. The number of anilines is 1. The summed E-state index contributed by atoms with van der Waals surface area (Å²) in [5.74, 6) is -1.17. The van der Waals surface area contributed by atoms with Crippen molar-refractivity contribution in [3.8, 4) is 17.6 Å². The van der Waals surface area contributed by atoms with E-state index in [2.05, 4.69) is 5.32 Å². The van der Waals surface area contributed by atoms with Crippen LogP contribution in [0.1, 0.15) is 21.5 Å². The van der Waals surface area contributed by atoms with Gasteiger partial charge in [-0.3, -0.25) is 4.79 Å². The number of nitrogens with one attached hydrogen (secondary N) is 1. The minimum absolute atomic E-state index is 0.109. The lowest BCUT2D eigenvalue weighted by Gasteiger charge is -2.14. The summed E-state index contributed by atoms with van der Waals surface area (Å²) in [6, 6.07) is 15.9. The standard InChI is InChI=1S/C25H17Cl3N2O5/c1-34-21-11-15(9-17(12-29)24(31)30-20-4-2-3-18(26)22(20)28)10-19(27)23(21)35-13-14-5-7-16(8-6-14)25(32)33/h2-11H,13H2,1H3,(H,30,31)(H,32,33)/b17-9-. The molecule has 0 aliphatic rings. The Labute approximate surface area is 216 Å². The molecule has 3 rings (SSSR count). The van der Waals surface area contributed by atoms with E-state index in [0.29, 0.717) is 5.56 Å². The Bertz CT molecular complexity index is 1350. The molecule has 0 bridgehead atoms. The lowest BCUT2D eigenvalue weighted by Crippen LogP contribution is -2.13. The second-order valence-electron chi connectivity index (χ2n) is 7.05. The SMILES string of the molecule is COc1cc(/C=C(/C#N)C(=O)Nc2cccc(Cl)c2Cl)cc(Cl)c1OCc1ccc(C(=O)O)cc1. The first-order chi connectivity index (χ1) is 16.7. The van der Waals surface area contributed by atoms with Gasteiger partial charge in [-0.25, -0.2) is 4.79 Å². The van der Waals surface area contributed by atoms with Crippen molar-refractivity contribution in [2.24, 2.45) is 0 Å². The highest BCUT2D eigenvalue weighted by Crippen LogP contribution is 2.37. The Balaban J connectivity index is 1.81. The van der Waals surface area contributed by atoms with Crippen LogP contribution in [0.4, 0.5) is 5.69 Å². The number of ether oxygens (including phenoxy) is 2. The van der Waals surface area contributed by atoms with E-state index in [0.717, 1.165) is 5.56 Å². The second kappa shape index (κ2) is 11.6. The summed E-state index contributed by atoms with van der Waals surface area (Å²) in [5.41, 5.74) is 1.37. The third-order valence-electron chi connectivity index (χ3n) is 4.71. The van der Waals surface area contributed by atoms with Gasteiger partial charge in [-0.15, -0.1) is 0 Å². The summed E-state index contributed by atoms with van der Waals surface area (Å²) < 4.78 is 11.2. The molecule has 0 aliphatic heterocycles. The van der Waals surface area contributed by atoms with Crippen molar-refractivity contribution in [1.82, 2.24) is 0 Å². The van der Waals surface area contributed by atoms with Gasteiger partial charge in [-0.2, -0.15) is 5.26 Å². The number of methoxy groups -OCH3 is 1. The third-order valence-corrected chi connectivity index (χ3v) is 5.81. The lowest BCUT2D eigenvalue weighted by atomic mass is 10.1. The molecule has 7 nitrogen and oxygen atoms in total. The van der Waals surface area contributed by atoms with Crippen molar-refractivity contribution in [3.05, 3.63) is 91.9 Å². The van der Waals surface area contributed by atoms with Gasteiger partial charge in [0, 0.05) is 0 Å². The van der Waals surface area contributed by atoms with Crippen molar-refractivity contribution in [2.45, 2.75) is 6.61 Å². The van der Waals surface area contributed by atoms with Gasteiger partial charge in [-0.05, 0) is 53.6 Å². The average Bonchev–Trinajstić information content (AvgIpc) is 2.84. The molecule has 3 aromatic rings. The fourth-order valence-corrected chi connectivity index (χ4v) is 3.59. The molecule has 35 heavy (non-hydrogen) atoms. The Morgan fingerprint density at radius 1 is 1.09 bits per heavy atom. The predicted octanol–water partition coefficient (Wildman–Crippen LogP) is 6.48. The van der Waals surface area contributed by atoms with Gasteiger partial charge in [0.1, 0.15) is 18.2 Å². The van der Waals surface area contributed by atoms with E-state index in [-0.39, 0.29) is 50.0 Å². The van der Waals surface area contributed by atoms with Gasteiger partial charge in [0.25, 0.3) is 5.91 Å². The zero-order valence-corrected chi connectivity index (χ0v) is 20.4. The van der Waals surface area contributed by atoms with Crippen LogP contribution in [0.5, 0.6) is 11.5 Å². The Morgan fingerprint density at radius 2 is 1.80 bits per heavy atom. The van der Waals surface area contributed by atoms with E-state index in [1.54, 1.807) is 36.4 Å². The molecule has 0 saturated heterocycles. The van der Waals surface area contributed by atoms with E-state index >= 15 is 0 Å². The van der Waals surface area contributed by atoms with Crippen molar-refractivity contribution in [2.75, 3.05) is 12.4 Å². The van der Waals surface area contributed by atoms with E-state index in [9.17, 15) is 14.9 Å². The first kappa shape index (κ1) is 25.9. The van der Waals surface area contributed by atoms with E-state index in [1.165, 1.54) is 31.4 Å². The molecule has 0 heterocycles. The number of rotatable bonds is 8. The van der Waals surface area contributed by atoms with E-state index in [4.69, 9.17) is 49.4 Å². The Hall–Kier alpha value is -3.70. The normalized spacial score (nSPS) is 10.9. The number of carboxylic acids is 1. The van der Waals surface area contributed by atoms with Crippen LogP contribution >= 0.6 is 34.8 Å². The molecule has 0 radical (unpaired) electrons. The molecule has 0 spiro atoms. The number of hydrogen-bond acceptors (Lipinski definition) is 5. The average molecular weight is 532 g/mol. The molecule has 0 fully saturated rings. The number of aromatic carboxylic acids is 1. The lowest BCUT2D eigenvalue weighted by molar-refractivity contribution is -0.112. The highest BCUT2D eigenvalue weighted by Gasteiger charge is 2.16. The highest BCUT2D eigenvalue weighted by atomic mass is 35.5. The van der Waals surface area contributed by atoms with Crippen LogP contribution in [0.2, 0.25) is 15.1 Å². The molecule has 0 unspecified atom stereocenters. The summed E-state index contributed by atoms with van der Waals surface area (Å²) in [6.45, 7) is 0.109. The van der Waals surface area contributed by atoms with Crippen molar-refractivity contribution < 1.29 is 24.2 Å². The number of nitrogens with zero attached hydrogens (tertiary/aromatic N) is 1. The first-order valence-electron chi connectivity index (χ1n) is 9.93. The van der Waals surface area contributed by atoms with Gasteiger partial charge >= 0.3 is 5.97 Å². The number of carboxylic acid groups (broad SMARTS) is 1. The number of amides is 1. The molecule has 10 heteroatoms. The van der Waals surface area contributed by atoms with Gasteiger partial charge in [-0.1, -0.05) is 53.0 Å². The number of halogens is 3. The first-order valence-corrected chi connectivity index (χ1v) is 11.1. The maximum absolute atomic E-state index is 12.6. The largest absolute Gasteiger partial charge is 0.493 e. The number of benzene rings is 3. The minimum atomic E-state index is -1.02. The van der Waals surface area contributed by atoms with Crippen molar-refractivity contribution in [1.29, 1.82) is 5.26 Å². The maximum Gasteiger partial charge on any atom is 0.335 e. The molecular formula is C25H17Cl3N2O5.